The summed E-state index contributed by atoms with van der Waals surface area (Å²) >= 11 is 3.41. The van der Waals surface area contributed by atoms with Crippen molar-refractivity contribution in [3.63, 3.8) is 0 Å². The van der Waals surface area contributed by atoms with Gasteiger partial charge in [0.15, 0.2) is 0 Å². The first-order chi connectivity index (χ1) is 9.91. The molecule has 0 saturated heterocycles. The zero-order chi connectivity index (χ0) is 15.0. The Hall–Kier alpha value is -1.00. The Balaban J connectivity index is 2.16. The van der Waals surface area contributed by atoms with Crippen molar-refractivity contribution in [1.29, 1.82) is 0 Å². The molecule has 0 aliphatic heterocycles. The topological polar surface area (TPSA) is 34.1 Å². The Kier molecular flexibility index (Phi) is 2.77. The third-order valence-corrected chi connectivity index (χ3v) is 8.80. The fourth-order valence-corrected chi connectivity index (χ4v) is 8.08. The van der Waals surface area contributed by atoms with Crippen molar-refractivity contribution in [3.8, 4) is 0 Å². The fraction of sp³-hybridized carbons (Fsp3) is 0.250. The molecule has 4 rings (SSSR count). The van der Waals surface area contributed by atoms with Gasteiger partial charge in [0.1, 0.15) is 0 Å². The number of fused-ring (bicyclic) bond motifs is 4. The molecule has 0 bridgehead atoms. The summed E-state index contributed by atoms with van der Waals surface area (Å²) in [4.78, 5) is 28.5. The minimum absolute atomic E-state index is 0.0500. The molecule has 2 nitrogen and oxygen atoms in total. The van der Waals surface area contributed by atoms with Gasteiger partial charge < -0.3 is 0 Å². The quantitative estimate of drug-likeness (QED) is 0.433. The number of carbonyl (C=O) groups is 2. The van der Waals surface area contributed by atoms with E-state index < -0.39 is 0 Å². The number of rotatable bonds is 0. The van der Waals surface area contributed by atoms with E-state index in [0.717, 1.165) is 15.1 Å². The van der Waals surface area contributed by atoms with Crippen molar-refractivity contribution in [2.24, 2.45) is 0 Å². The zero-order valence-electron chi connectivity index (χ0n) is 12.0. The van der Waals surface area contributed by atoms with E-state index in [0.29, 0.717) is 36.1 Å². The van der Waals surface area contributed by atoms with Crippen LogP contribution in [0.1, 0.15) is 49.8 Å². The van der Waals surface area contributed by atoms with Crippen LogP contribution in [0, 0.1) is 27.7 Å². The summed E-state index contributed by atoms with van der Waals surface area (Å²) < 4.78 is 3.79. The molecular formula is C16H12O2S2Se. The summed E-state index contributed by atoms with van der Waals surface area (Å²) in [5.41, 5.74) is 1.99. The first-order valence-corrected chi connectivity index (χ1v) is 9.98. The summed E-state index contributed by atoms with van der Waals surface area (Å²) in [6.07, 6.45) is 0. The van der Waals surface area contributed by atoms with Crippen LogP contribution in [0.4, 0.5) is 0 Å². The van der Waals surface area contributed by atoms with Gasteiger partial charge in [0, 0.05) is 0 Å². The van der Waals surface area contributed by atoms with Gasteiger partial charge in [0.2, 0.25) is 0 Å². The molecule has 1 aliphatic rings. The molecule has 3 aromatic rings. The monoisotopic (exact) mass is 380 g/mol. The van der Waals surface area contributed by atoms with Crippen LogP contribution in [0.3, 0.4) is 0 Å². The van der Waals surface area contributed by atoms with Crippen LogP contribution in [0.5, 0.6) is 0 Å². The van der Waals surface area contributed by atoms with Gasteiger partial charge in [-0.05, 0) is 0 Å². The molecule has 1 aliphatic carbocycles. The second-order valence-corrected chi connectivity index (χ2v) is 10.8. The average molecular weight is 379 g/mol. The van der Waals surface area contributed by atoms with Gasteiger partial charge >= 0.3 is 136 Å². The first-order valence-electron chi connectivity index (χ1n) is 6.63. The Morgan fingerprint density at radius 2 is 1.38 bits per heavy atom. The summed E-state index contributed by atoms with van der Waals surface area (Å²) in [6, 6.07) is 0. The van der Waals surface area contributed by atoms with Crippen LogP contribution < -0.4 is 0 Å². The van der Waals surface area contributed by atoms with Crippen molar-refractivity contribution < 1.29 is 9.59 Å². The summed E-state index contributed by atoms with van der Waals surface area (Å²) in [5, 5.41) is 1.07. The molecule has 0 spiro atoms. The van der Waals surface area contributed by atoms with Crippen LogP contribution in [0.15, 0.2) is 0 Å². The van der Waals surface area contributed by atoms with Gasteiger partial charge in [-0.2, -0.15) is 0 Å². The van der Waals surface area contributed by atoms with Crippen LogP contribution in [0.2, 0.25) is 0 Å². The van der Waals surface area contributed by atoms with Gasteiger partial charge in [-0.3, -0.25) is 0 Å². The summed E-state index contributed by atoms with van der Waals surface area (Å²) in [6.45, 7) is 8.10. The SMILES string of the molecule is Cc1sc(C)c2c1C(=O)c1sc3c(C)[se]c(C)c3c1C2=O. The Labute approximate surface area is 136 Å². The van der Waals surface area contributed by atoms with Gasteiger partial charge in [-0.1, -0.05) is 0 Å². The van der Waals surface area contributed by atoms with E-state index in [1.54, 1.807) is 11.3 Å². The van der Waals surface area contributed by atoms with E-state index >= 15 is 0 Å². The average Bonchev–Trinajstić information content (AvgIpc) is 3.01. The minimum atomic E-state index is 0.0500. The molecule has 0 aromatic carbocycles. The van der Waals surface area contributed by atoms with E-state index in [-0.39, 0.29) is 11.6 Å². The second kappa shape index (κ2) is 4.26. The van der Waals surface area contributed by atoms with Crippen molar-refractivity contribution in [1.82, 2.24) is 0 Å². The molecule has 3 aromatic heterocycles. The molecular weight excluding hydrogens is 367 g/mol. The molecule has 0 fully saturated rings. The van der Waals surface area contributed by atoms with Gasteiger partial charge in [0.25, 0.3) is 0 Å². The van der Waals surface area contributed by atoms with Crippen molar-refractivity contribution >= 4 is 58.8 Å². The Morgan fingerprint density at radius 1 is 0.762 bits per heavy atom. The number of carbonyl (C=O) groups excluding carboxylic acids is 2. The maximum absolute atomic E-state index is 13.0. The second-order valence-electron chi connectivity index (χ2n) is 5.35. The van der Waals surface area contributed by atoms with Crippen molar-refractivity contribution in [2.45, 2.75) is 27.7 Å². The van der Waals surface area contributed by atoms with Gasteiger partial charge in [0.05, 0.1) is 0 Å². The summed E-state index contributed by atoms with van der Waals surface area (Å²) in [7, 11) is 0. The molecule has 0 radical (unpaired) electrons. The van der Waals surface area contributed by atoms with Crippen LogP contribution >= 0.6 is 22.7 Å². The maximum atomic E-state index is 13.0. The van der Waals surface area contributed by atoms with E-state index in [2.05, 4.69) is 13.8 Å². The molecule has 3 heterocycles. The van der Waals surface area contributed by atoms with Crippen LogP contribution in [-0.4, -0.2) is 26.1 Å². The van der Waals surface area contributed by atoms with Crippen molar-refractivity contribution in [2.75, 3.05) is 0 Å². The molecule has 0 amide bonds. The number of hydrogen-bond acceptors (Lipinski definition) is 4. The van der Waals surface area contributed by atoms with Crippen LogP contribution in [-0.2, 0) is 0 Å². The Bertz CT molecular complexity index is 969. The van der Waals surface area contributed by atoms with Gasteiger partial charge in [-0.15, -0.1) is 0 Å². The third kappa shape index (κ3) is 1.58. The predicted molar refractivity (Wildman–Crippen MR) is 88.9 cm³/mol. The number of hydrogen-bond donors (Lipinski definition) is 0. The molecule has 106 valence electrons. The van der Waals surface area contributed by atoms with E-state index in [9.17, 15) is 9.59 Å². The number of ketones is 2. The van der Waals surface area contributed by atoms with Crippen LogP contribution in [0.25, 0.3) is 10.1 Å². The zero-order valence-corrected chi connectivity index (χ0v) is 15.4. The molecule has 0 N–H and O–H groups in total. The summed E-state index contributed by atoms with van der Waals surface area (Å²) in [5.74, 6) is 0.109. The molecule has 0 atom stereocenters. The number of aryl methyl sites for hydroxylation is 4. The molecule has 21 heavy (non-hydrogen) atoms. The van der Waals surface area contributed by atoms with E-state index in [4.69, 9.17) is 0 Å². The molecule has 0 saturated carbocycles. The van der Waals surface area contributed by atoms with Gasteiger partial charge in [-0.25, -0.2) is 0 Å². The van der Waals surface area contributed by atoms with E-state index in [1.807, 2.05) is 13.8 Å². The predicted octanol–water partition coefficient (Wildman–Crippen LogP) is 4.03. The number of thiophene rings is 2. The third-order valence-electron chi connectivity index (χ3n) is 4.03. The van der Waals surface area contributed by atoms with E-state index in [1.165, 1.54) is 24.9 Å². The first kappa shape index (κ1) is 13.6. The normalized spacial score (nSPS) is 13.9. The van der Waals surface area contributed by atoms with Crippen molar-refractivity contribution in [3.05, 3.63) is 40.2 Å². The molecule has 5 heteroatoms. The Morgan fingerprint density at radius 3 is 2.05 bits per heavy atom. The standard InChI is InChI=1S/C16H12O2S2Se/c1-5-9-10(6(2)19-5)14(18)16-12(13(9)17)11-7(3)21-8(4)15(11)20-16/h1-4H3. The fourth-order valence-electron chi connectivity index (χ4n) is 3.19. The molecule has 0 unspecified atom stereocenters.